The lowest BCUT2D eigenvalue weighted by molar-refractivity contribution is 0.764. The Balaban J connectivity index is 1.58. The molecule has 0 aliphatic heterocycles. The molecule has 3 heterocycles. The lowest BCUT2D eigenvalue weighted by atomic mass is 10.3. The zero-order valence-electron chi connectivity index (χ0n) is 14.2. The summed E-state index contributed by atoms with van der Waals surface area (Å²) in [5.41, 5.74) is 2.87. The van der Waals surface area contributed by atoms with E-state index in [-0.39, 0.29) is 0 Å². The highest BCUT2D eigenvalue weighted by atomic mass is 15.3. The summed E-state index contributed by atoms with van der Waals surface area (Å²) >= 11 is 0. The number of rotatable bonds is 5. The summed E-state index contributed by atoms with van der Waals surface area (Å²) in [4.78, 5) is 15.9. The van der Waals surface area contributed by atoms with Crippen molar-refractivity contribution in [2.75, 3.05) is 4.90 Å². The highest BCUT2D eigenvalue weighted by Gasteiger charge is 2.32. The van der Waals surface area contributed by atoms with Crippen LogP contribution in [0.3, 0.4) is 0 Å². The molecular weight excluding hydrogens is 324 g/mol. The van der Waals surface area contributed by atoms with E-state index >= 15 is 0 Å². The summed E-state index contributed by atoms with van der Waals surface area (Å²) in [6.07, 6.45) is 7.71. The molecule has 26 heavy (non-hydrogen) atoms. The average molecular weight is 342 g/mol. The third kappa shape index (κ3) is 2.69. The Labute approximate surface area is 151 Å². The number of fused-ring (bicyclic) bond motifs is 1. The van der Waals surface area contributed by atoms with Gasteiger partial charge < -0.3 is 4.90 Å². The molecule has 3 aromatic heterocycles. The van der Waals surface area contributed by atoms with Crippen LogP contribution >= 0.6 is 0 Å². The molecule has 0 atom stereocenters. The molecule has 128 valence electrons. The molecule has 6 nitrogen and oxygen atoms in total. The zero-order valence-corrected chi connectivity index (χ0v) is 14.2. The molecule has 6 heteroatoms. The number of anilines is 1. The second kappa shape index (κ2) is 6.22. The standard InChI is InChI=1S/C20H18N6/c1-2-7-17(8-3-1)26-20-18(12-24-26)19(22-14-23-20)25(16-9-10-16)13-15-6-4-5-11-21-15/h1-8,11-12,14,16H,9-10,13H2. The maximum Gasteiger partial charge on any atom is 0.168 e. The number of aromatic nitrogens is 5. The van der Waals surface area contributed by atoms with Crippen molar-refractivity contribution in [3.63, 3.8) is 0 Å². The molecule has 0 bridgehead atoms. The van der Waals surface area contributed by atoms with Gasteiger partial charge in [-0.15, -0.1) is 0 Å². The monoisotopic (exact) mass is 342 g/mol. The number of hydrogen-bond donors (Lipinski definition) is 0. The number of benzene rings is 1. The van der Waals surface area contributed by atoms with Gasteiger partial charge in [-0.05, 0) is 37.1 Å². The van der Waals surface area contributed by atoms with E-state index in [2.05, 4.69) is 31.0 Å². The van der Waals surface area contributed by atoms with Gasteiger partial charge in [0, 0.05) is 12.2 Å². The first-order chi connectivity index (χ1) is 12.9. The third-order valence-electron chi connectivity index (χ3n) is 4.66. The van der Waals surface area contributed by atoms with E-state index in [9.17, 15) is 0 Å². The Hall–Kier alpha value is -3.28. The van der Waals surface area contributed by atoms with E-state index in [0.717, 1.165) is 34.8 Å². The lowest BCUT2D eigenvalue weighted by Gasteiger charge is -2.23. The van der Waals surface area contributed by atoms with Crippen molar-refractivity contribution in [3.8, 4) is 5.69 Å². The number of para-hydroxylation sites is 1. The van der Waals surface area contributed by atoms with Crippen LogP contribution in [0.15, 0.2) is 67.3 Å². The predicted octanol–water partition coefficient (Wildman–Crippen LogP) is 3.38. The number of pyridine rings is 1. The Kier molecular flexibility index (Phi) is 3.59. The summed E-state index contributed by atoms with van der Waals surface area (Å²) in [6.45, 7) is 0.744. The van der Waals surface area contributed by atoms with E-state index in [1.54, 1.807) is 6.33 Å². The van der Waals surface area contributed by atoms with Gasteiger partial charge in [-0.3, -0.25) is 4.98 Å². The molecule has 0 unspecified atom stereocenters. The number of nitrogens with zero attached hydrogens (tertiary/aromatic N) is 6. The first-order valence-corrected chi connectivity index (χ1v) is 8.81. The van der Waals surface area contributed by atoms with E-state index < -0.39 is 0 Å². The van der Waals surface area contributed by atoms with Gasteiger partial charge in [0.2, 0.25) is 0 Å². The summed E-state index contributed by atoms with van der Waals surface area (Å²) in [5, 5.41) is 5.54. The maximum absolute atomic E-state index is 4.61. The highest BCUT2D eigenvalue weighted by molar-refractivity contribution is 5.88. The van der Waals surface area contributed by atoms with Gasteiger partial charge in [-0.2, -0.15) is 5.10 Å². The van der Waals surface area contributed by atoms with Crippen LogP contribution in [-0.2, 0) is 6.54 Å². The Morgan fingerprint density at radius 1 is 0.962 bits per heavy atom. The molecule has 1 aromatic carbocycles. The fourth-order valence-electron chi connectivity index (χ4n) is 3.25. The lowest BCUT2D eigenvalue weighted by Crippen LogP contribution is -2.26. The molecule has 0 saturated heterocycles. The van der Waals surface area contributed by atoms with E-state index in [1.807, 2.05) is 59.5 Å². The predicted molar refractivity (Wildman–Crippen MR) is 100 cm³/mol. The van der Waals surface area contributed by atoms with Gasteiger partial charge >= 0.3 is 0 Å². The minimum Gasteiger partial charge on any atom is -0.347 e. The van der Waals surface area contributed by atoms with E-state index in [1.165, 1.54) is 12.8 Å². The summed E-state index contributed by atoms with van der Waals surface area (Å²) < 4.78 is 1.87. The quantitative estimate of drug-likeness (QED) is 0.556. The molecule has 5 rings (SSSR count). The van der Waals surface area contributed by atoms with Crippen LogP contribution in [0.5, 0.6) is 0 Å². The molecule has 0 amide bonds. The largest absolute Gasteiger partial charge is 0.347 e. The zero-order chi connectivity index (χ0) is 17.3. The summed E-state index contributed by atoms with van der Waals surface area (Å²) in [5.74, 6) is 0.935. The van der Waals surface area contributed by atoms with Gasteiger partial charge in [-0.25, -0.2) is 14.6 Å². The van der Waals surface area contributed by atoms with Crippen molar-refractivity contribution >= 4 is 16.9 Å². The smallest absolute Gasteiger partial charge is 0.168 e. The average Bonchev–Trinajstić information content (AvgIpc) is 3.45. The van der Waals surface area contributed by atoms with Crippen LogP contribution in [0.2, 0.25) is 0 Å². The van der Waals surface area contributed by atoms with Crippen molar-refractivity contribution in [1.29, 1.82) is 0 Å². The van der Waals surface area contributed by atoms with Crippen molar-refractivity contribution in [3.05, 3.63) is 72.9 Å². The summed E-state index contributed by atoms with van der Waals surface area (Å²) in [6, 6.07) is 16.6. The Morgan fingerprint density at radius 3 is 2.58 bits per heavy atom. The van der Waals surface area contributed by atoms with Crippen LogP contribution in [0, 0.1) is 0 Å². The first kappa shape index (κ1) is 15.0. The van der Waals surface area contributed by atoms with Crippen LogP contribution < -0.4 is 4.90 Å². The summed E-state index contributed by atoms with van der Waals surface area (Å²) in [7, 11) is 0. The maximum atomic E-state index is 4.61. The van der Waals surface area contributed by atoms with E-state index in [0.29, 0.717) is 6.04 Å². The Morgan fingerprint density at radius 2 is 1.81 bits per heavy atom. The van der Waals surface area contributed by atoms with Crippen LogP contribution in [0.25, 0.3) is 16.7 Å². The second-order valence-electron chi connectivity index (χ2n) is 6.51. The van der Waals surface area contributed by atoms with Gasteiger partial charge in [-0.1, -0.05) is 24.3 Å². The fourth-order valence-corrected chi connectivity index (χ4v) is 3.25. The molecule has 4 aromatic rings. The molecule has 1 aliphatic carbocycles. The van der Waals surface area contributed by atoms with Crippen molar-refractivity contribution in [2.45, 2.75) is 25.4 Å². The van der Waals surface area contributed by atoms with Crippen molar-refractivity contribution < 1.29 is 0 Å². The molecule has 0 N–H and O–H groups in total. The van der Waals surface area contributed by atoms with E-state index in [4.69, 9.17) is 0 Å². The van der Waals surface area contributed by atoms with Gasteiger partial charge in [0.15, 0.2) is 5.65 Å². The SMILES string of the molecule is c1ccc(-n2ncc3c(N(Cc4ccccn4)C4CC4)ncnc32)cc1. The van der Waals surface area contributed by atoms with Crippen molar-refractivity contribution in [2.24, 2.45) is 0 Å². The van der Waals surface area contributed by atoms with Gasteiger partial charge in [0.05, 0.1) is 29.5 Å². The molecule has 0 radical (unpaired) electrons. The van der Waals surface area contributed by atoms with Gasteiger partial charge in [0.1, 0.15) is 12.1 Å². The van der Waals surface area contributed by atoms with Crippen molar-refractivity contribution in [1.82, 2.24) is 24.7 Å². The van der Waals surface area contributed by atoms with Crippen LogP contribution in [0.1, 0.15) is 18.5 Å². The minimum absolute atomic E-state index is 0.509. The normalized spacial score (nSPS) is 13.8. The van der Waals surface area contributed by atoms with Gasteiger partial charge in [0.25, 0.3) is 0 Å². The Bertz CT molecular complexity index is 1020. The highest BCUT2D eigenvalue weighted by Crippen LogP contribution is 2.35. The molecule has 1 saturated carbocycles. The first-order valence-electron chi connectivity index (χ1n) is 8.81. The van der Waals surface area contributed by atoms with Crippen LogP contribution in [-0.4, -0.2) is 30.8 Å². The molecule has 1 fully saturated rings. The minimum atomic E-state index is 0.509. The molecule has 0 spiro atoms. The topological polar surface area (TPSA) is 59.7 Å². The third-order valence-corrected chi connectivity index (χ3v) is 4.66. The number of hydrogen-bond acceptors (Lipinski definition) is 5. The molecule has 1 aliphatic rings. The fraction of sp³-hybridized carbons (Fsp3) is 0.200. The second-order valence-corrected chi connectivity index (χ2v) is 6.51. The molecular formula is C20H18N6. The van der Waals surface area contributed by atoms with Crippen LogP contribution in [0.4, 0.5) is 5.82 Å².